The third-order valence-corrected chi connectivity index (χ3v) is 4.05. The van der Waals surface area contributed by atoms with Gasteiger partial charge in [-0.3, -0.25) is 0 Å². The maximum absolute atomic E-state index is 10.6. The van der Waals surface area contributed by atoms with E-state index in [-0.39, 0.29) is 19.3 Å². The Morgan fingerprint density at radius 1 is 0.667 bits per heavy atom. The minimum Gasteiger partial charge on any atom is -0.790 e. The van der Waals surface area contributed by atoms with Crippen LogP contribution in [0.15, 0.2) is 0 Å². The van der Waals surface area contributed by atoms with E-state index in [9.17, 15) is 43.1 Å². The van der Waals surface area contributed by atoms with Crippen LogP contribution in [0.1, 0.15) is 19.3 Å². The first-order valence-corrected chi connectivity index (χ1v) is 9.76. The van der Waals surface area contributed by atoms with Gasteiger partial charge in [0, 0.05) is 0 Å². The molecule has 0 radical (unpaired) electrons. The highest BCUT2D eigenvalue weighted by molar-refractivity contribution is 7.43. The summed E-state index contributed by atoms with van der Waals surface area (Å²) in [6.45, 7) is 0. The second-order valence-electron chi connectivity index (χ2n) is 4.13. The molecule has 0 amide bonds. The van der Waals surface area contributed by atoms with E-state index in [1.54, 1.807) is 0 Å². The second kappa shape index (κ2) is 6.84. The summed E-state index contributed by atoms with van der Waals surface area (Å²) in [7, 11) is -16.8. The lowest BCUT2D eigenvalue weighted by Gasteiger charge is -2.47. The van der Waals surface area contributed by atoms with Crippen molar-refractivity contribution in [3.8, 4) is 0 Å². The average molecular weight is 366 g/mol. The minimum absolute atomic E-state index is 0.0389. The smallest absolute Gasteiger partial charge is 0.116 e. The summed E-state index contributed by atoms with van der Waals surface area (Å²) >= 11 is 0. The highest BCUT2D eigenvalue weighted by Gasteiger charge is 2.37. The zero-order chi connectivity index (χ0) is 16.5. The fourth-order valence-electron chi connectivity index (χ4n) is 1.93. The predicted molar refractivity (Wildman–Crippen MR) is 51.3 cm³/mol. The Hall–Kier alpha value is 0.330. The molecule has 0 heterocycles. The molecule has 2 atom stereocenters. The average Bonchev–Trinajstić information content (AvgIpc) is 2.16. The van der Waals surface area contributed by atoms with E-state index in [1.807, 2.05) is 0 Å². The normalized spacial score (nSPS) is 28.6. The molecule has 1 saturated carbocycles. The molecule has 2 unspecified atom stereocenters. The van der Waals surface area contributed by atoms with E-state index >= 15 is 0 Å². The van der Waals surface area contributed by atoms with Gasteiger partial charge in [0.15, 0.2) is 0 Å². The lowest BCUT2D eigenvalue weighted by atomic mass is 9.92. The van der Waals surface area contributed by atoms with Crippen LogP contribution < -0.4 is 29.4 Å². The molecule has 15 heteroatoms. The summed E-state index contributed by atoms with van der Waals surface area (Å²) < 4.78 is 43.8. The van der Waals surface area contributed by atoms with Crippen LogP contribution in [0.4, 0.5) is 0 Å². The van der Waals surface area contributed by atoms with Gasteiger partial charge in [-0.25, -0.2) is 0 Å². The molecule has 0 saturated heterocycles. The molecule has 0 aliphatic heterocycles. The molecule has 1 aliphatic rings. The highest BCUT2D eigenvalue weighted by Crippen LogP contribution is 2.43. The molecular formula is C6H9O12P3-6. The van der Waals surface area contributed by atoms with E-state index in [0.29, 0.717) is 0 Å². The second-order valence-corrected chi connectivity index (χ2v) is 7.45. The van der Waals surface area contributed by atoms with Gasteiger partial charge in [-0.05, 0) is 19.3 Å². The van der Waals surface area contributed by atoms with Crippen LogP contribution in [0.5, 0.6) is 0 Å². The van der Waals surface area contributed by atoms with E-state index in [2.05, 4.69) is 13.6 Å². The summed E-state index contributed by atoms with van der Waals surface area (Å²) in [6, 6.07) is 0. The van der Waals surface area contributed by atoms with Gasteiger partial charge < -0.3 is 56.6 Å². The standard InChI is InChI=1S/C6H15O12P3/c7-19(8,9)16-4-2-1-3-5(17-20(10,11)12)6(4)18-21(13,14)15/h4-6H,1-3H2,(H2,7,8,9)(H2,10,11,12)(H2,13,14,15)/p-6. The molecule has 1 fully saturated rings. The Morgan fingerprint density at radius 2 is 1.00 bits per heavy atom. The number of hydrogen-bond donors (Lipinski definition) is 0. The Bertz CT molecular complexity index is 455. The summed E-state index contributed by atoms with van der Waals surface area (Å²) in [5, 5.41) is 0. The zero-order valence-electron chi connectivity index (χ0n) is 10.1. The van der Waals surface area contributed by atoms with Gasteiger partial charge in [0.25, 0.3) is 0 Å². The summed E-state index contributed by atoms with van der Waals surface area (Å²) in [4.78, 5) is 63.4. The Morgan fingerprint density at radius 3 is 1.29 bits per heavy atom. The summed E-state index contributed by atoms with van der Waals surface area (Å²) in [5.74, 6) is 0. The third-order valence-electron chi connectivity index (χ3n) is 2.49. The van der Waals surface area contributed by atoms with Crippen LogP contribution >= 0.6 is 23.5 Å². The van der Waals surface area contributed by atoms with Crippen molar-refractivity contribution in [3.63, 3.8) is 0 Å². The Kier molecular flexibility index (Phi) is 6.31. The molecule has 0 aromatic carbocycles. The van der Waals surface area contributed by atoms with Gasteiger partial charge in [-0.2, -0.15) is 0 Å². The van der Waals surface area contributed by atoms with Crippen LogP contribution in [0.25, 0.3) is 0 Å². The molecule has 1 aliphatic carbocycles. The van der Waals surface area contributed by atoms with E-state index in [0.717, 1.165) is 0 Å². The topological polar surface area (TPSA) is 217 Å². The maximum Gasteiger partial charge on any atom is 0.116 e. The Balaban J connectivity index is 2.98. The zero-order valence-corrected chi connectivity index (χ0v) is 12.8. The number of hydrogen-bond acceptors (Lipinski definition) is 12. The van der Waals surface area contributed by atoms with Gasteiger partial charge in [0.2, 0.25) is 0 Å². The van der Waals surface area contributed by atoms with E-state index in [1.165, 1.54) is 0 Å². The van der Waals surface area contributed by atoms with Crippen molar-refractivity contribution in [2.24, 2.45) is 0 Å². The Labute approximate surface area is 118 Å². The number of phosphoric ester groups is 3. The van der Waals surface area contributed by atoms with Crippen LogP contribution in [-0.4, -0.2) is 18.3 Å². The van der Waals surface area contributed by atoms with Crippen molar-refractivity contribution in [1.82, 2.24) is 0 Å². The van der Waals surface area contributed by atoms with E-state index in [4.69, 9.17) is 0 Å². The summed E-state index contributed by atoms with van der Waals surface area (Å²) in [6.07, 6.45) is -5.95. The molecule has 0 aromatic heterocycles. The van der Waals surface area contributed by atoms with Gasteiger partial charge >= 0.3 is 0 Å². The molecular weight excluding hydrogens is 357 g/mol. The van der Waals surface area contributed by atoms with Gasteiger partial charge in [-0.1, -0.05) is 0 Å². The molecule has 126 valence electrons. The predicted octanol–water partition coefficient (Wildman–Crippen LogP) is -4.19. The highest BCUT2D eigenvalue weighted by atomic mass is 31.2. The van der Waals surface area contributed by atoms with Crippen LogP contribution in [0.3, 0.4) is 0 Å². The summed E-state index contributed by atoms with van der Waals surface area (Å²) in [5.41, 5.74) is 0. The SMILES string of the molecule is O=P([O-])([O-])OC1CCCC(OP(=O)([O-])[O-])C1OP(=O)([O-])[O-]. The van der Waals surface area contributed by atoms with E-state index < -0.39 is 41.8 Å². The largest absolute Gasteiger partial charge is 0.790 e. The molecule has 1 rings (SSSR count). The molecule has 0 N–H and O–H groups in total. The van der Waals surface area contributed by atoms with Crippen LogP contribution in [0.2, 0.25) is 0 Å². The van der Waals surface area contributed by atoms with Crippen molar-refractivity contribution in [2.45, 2.75) is 37.6 Å². The fourth-order valence-corrected chi connectivity index (χ4v) is 3.61. The molecule has 12 nitrogen and oxygen atoms in total. The maximum atomic E-state index is 10.6. The molecule has 0 bridgehead atoms. The quantitative estimate of drug-likeness (QED) is 0.409. The third kappa shape index (κ3) is 7.94. The van der Waals surface area contributed by atoms with Crippen LogP contribution in [-0.2, 0) is 27.3 Å². The van der Waals surface area contributed by atoms with Crippen molar-refractivity contribution in [3.05, 3.63) is 0 Å². The van der Waals surface area contributed by atoms with Crippen molar-refractivity contribution in [2.75, 3.05) is 0 Å². The first-order valence-electron chi connectivity index (χ1n) is 5.38. The minimum atomic E-state index is -5.69. The number of phosphoric acid groups is 3. The molecule has 21 heavy (non-hydrogen) atoms. The van der Waals surface area contributed by atoms with Crippen LogP contribution in [0, 0.1) is 0 Å². The van der Waals surface area contributed by atoms with Gasteiger partial charge in [0.1, 0.15) is 6.10 Å². The van der Waals surface area contributed by atoms with Crippen molar-refractivity contribution < 1.29 is 56.6 Å². The lowest BCUT2D eigenvalue weighted by Crippen LogP contribution is -2.48. The van der Waals surface area contributed by atoms with Crippen molar-refractivity contribution >= 4 is 23.5 Å². The first kappa shape index (κ1) is 19.4. The molecule has 0 spiro atoms. The van der Waals surface area contributed by atoms with Gasteiger partial charge in [-0.15, -0.1) is 0 Å². The molecule has 0 aromatic rings. The lowest BCUT2D eigenvalue weighted by molar-refractivity contribution is -0.365. The monoisotopic (exact) mass is 366 g/mol. The fraction of sp³-hybridized carbons (Fsp3) is 1.00. The first-order chi connectivity index (χ1) is 9.27. The van der Waals surface area contributed by atoms with Crippen molar-refractivity contribution in [1.29, 1.82) is 0 Å². The van der Waals surface area contributed by atoms with Gasteiger partial charge in [0.05, 0.1) is 35.7 Å². The number of rotatable bonds is 6.